The van der Waals surface area contributed by atoms with Crippen LogP contribution in [0.2, 0.25) is 5.02 Å². The third-order valence-corrected chi connectivity index (χ3v) is 2.92. The number of benzene rings is 2. The number of esters is 1. The smallest absolute Gasteiger partial charge is 0.352 e. The van der Waals surface area contributed by atoms with Gasteiger partial charge in [-0.25, -0.2) is 4.79 Å². The Morgan fingerprint density at radius 3 is 2.35 bits per heavy atom. The average molecular weight is 291 g/mol. The summed E-state index contributed by atoms with van der Waals surface area (Å²) in [5.41, 5.74) is 0.751. The van der Waals surface area contributed by atoms with Gasteiger partial charge < -0.3 is 9.47 Å². The molecular weight excluding hydrogens is 276 g/mol. The molecule has 0 aliphatic carbocycles. The predicted octanol–water partition coefficient (Wildman–Crippen LogP) is 4.02. The molecule has 2 aromatic carbocycles. The Bertz CT molecular complexity index is 552. The van der Waals surface area contributed by atoms with Gasteiger partial charge in [0.15, 0.2) is 0 Å². The Morgan fingerprint density at radius 1 is 1.10 bits per heavy atom. The number of ether oxygens (including phenoxy) is 2. The van der Waals surface area contributed by atoms with E-state index in [9.17, 15) is 4.79 Å². The normalized spacial score (nSPS) is 11.7. The van der Waals surface area contributed by atoms with Crippen molar-refractivity contribution in [2.75, 3.05) is 6.61 Å². The molecule has 0 aromatic heterocycles. The molecule has 0 spiro atoms. The van der Waals surface area contributed by atoms with E-state index in [1.54, 1.807) is 31.2 Å². The molecule has 0 bridgehead atoms. The van der Waals surface area contributed by atoms with E-state index in [-0.39, 0.29) is 0 Å². The van der Waals surface area contributed by atoms with Gasteiger partial charge in [-0.1, -0.05) is 41.9 Å². The van der Waals surface area contributed by atoms with Crippen LogP contribution in [0.5, 0.6) is 5.75 Å². The van der Waals surface area contributed by atoms with Gasteiger partial charge in [0.25, 0.3) is 0 Å². The lowest BCUT2D eigenvalue weighted by atomic mass is 10.1. The van der Waals surface area contributed by atoms with Crippen LogP contribution in [0.1, 0.15) is 18.6 Å². The molecule has 2 rings (SSSR count). The Kier molecular flexibility index (Phi) is 5.02. The van der Waals surface area contributed by atoms with Gasteiger partial charge >= 0.3 is 5.97 Å². The fraction of sp³-hybridized carbons (Fsp3) is 0.188. The van der Waals surface area contributed by atoms with Gasteiger partial charge in [-0.15, -0.1) is 0 Å². The highest BCUT2D eigenvalue weighted by Gasteiger charge is 2.23. The lowest BCUT2D eigenvalue weighted by molar-refractivity contribution is -0.151. The van der Waals surface area contributed by atoms with Crippen LogP contribution in [-0.4, -0.2) is 12.6 Å². The van der Waals surface area contributed by atoms with Crippen LogP contribution in [0.3, 0.4) is 0 Å². The molecular formula is C16H15ClO3. The van der Waals surface area contributed by atoms with Crippen molar-refractivity contribution in [1.82, 2.24) is 0 Å². The van der Waals surface area contributed by atoms with Gasteiger partial charge in [-0.05, 0) is 31.2 Å². The largest absolute Gasteiger partial charge is 0.474 e. The molecule has 1 unspecified atom stereocenters. The minimum absolute atomic E-state index is 0.312. The van der Waals surface area contributed by atoms with Crippen molar-refractivity contribution in [2.45, 2.75) is 13.0 Å². The Labute approximate surface area is 123 Å². The van der Waals surface area contributed by atoms with E-state index in [2.05, 4.69) is 0 Å². The minimum atomic E-state index is -0.780. The zero-order valence-electron chi connectivity index (χ0n) is 11.1. The summed E-state index contributed by atoms with van der Waals surface area (Å²) in [5, 5.41) is 0.616. The molecule has 0 aliphatic rings. The second-order valence-electron chi connectivity index (χ2n) is 4.11. The summed E-state index contributed by atoms with van der Waals surface area (Å²) in [6, 6.07) is 16.1. The molecule has 4 heteroatoms. The summed E-state index contributed by atoms with van der Waals surface area (Å²) in [4.78, 5) is 12.0. The van der Waals surface area contributed by atoms with Crippen molar-refractivity contribution in [2.24, 2.45) is 0 Å². The zero-order valence-corrected chi connectivity index (χ0v) is 11.8. The van der Waals surface area contributed by atoms with E-state index in [0.29, 0.717) is 17.4 Å². The second kappa shape index (κ2) is 6.96. The van der Waals surface area contributed by atoms with Crippen LogP contribution in [0.4, 0.5) is 0 Å². The Hall–Kier alpha value is -2.00. The van der Waals surface area contributed by atoms with Crippen LogP contribution < -0.4 is 4.74 Å². The van der Waals surface area contributed by atoms with Crippen LogP contribution >= 0.6 is 11.6 Å². The van der Waals surface area contributed by atoms with E-state index in [4.69, 9.17) is 21.1 Å². The van der Waals surface area contributed by atoms with Crippen LogP contribution in [0.15, 0.2) is 54.6 Å². The van der Waals surface area contributed by atoms with Crippen molar-refractivity contribution in [1.29, 1.82) is 0 Å². The molecule has 3 nitrogen and oxygen atoms in total. The molecule has 0 amide bonds. The maximum absolute atomic E-state index is 12.0. The molecule has 104 valence electrons. The maximum atomic E-state index is 12.0. The van der Waals surface area contributed by atoms with Gasteiger partial charge in [0, 0.05) is 10.6 Å². The number of rotatable bonds is 5. The van der Waals surface area contributed by atoms with Crippen LogP contribution in [-0.2, 0) is 9.53 Å². The molecule has 0 N–H and O–H groups in total. The molecule has 0 fully saturated rings. The van der Waals surface area contributed by atoms with Gasteiger partial charge in [-0.2, -0.15) is 0 Å². The number of halogens is 1. The topological polar surface area (TPSA) is 35.5 Å². The van der Waals surface area contributed by atoms with Crippen molar-refractivity contribution in [3.05, 3.63) is 65.2 Å². The molecule has 1 atom stereocenters. The highest BCUT2D eigenvalue weighted by molar-refractivity contribution is 6.30. The average Bonchev–Trinajstić information content (AvgIpc) is 2.48. The van der Waals surface area contributed by atoms with Gasteiger partial charge in [0.05, 0.1) is 6.61 Å². The van der Waals surface area contributed by atoms with Gasteiger partial charge in [-0.3, -0.25) is 0 Å². The Balaban J connectivity index is 2.23. The summed E-state index contributed by atoms with van der Waals surface area (Å²) in [5.74, 6) is 0.157. The first-order valence-corrected chi connectivity index (χ1v) is 6.72. The highest BCUT2D eigenvalue weighted by atomic mass is 35.5. The fourth-order valence-corrected chi connectivity index (χ4v) is 1.87. The summed E-state index contributed by atoms with van der Waals surface area (Å²) < 4.78 is 10.8. The van der Waals surface area contributed by atoms with E-state index in [1.807, 2.05) is 30.3 Å². The predicted molar refractivity (Wildman–Crippen MR) is 77.9 cm³/mol. The first-order valence-electron chi connectivity index (χ1n) is 6.34. The number of hydrogen-bond donors (Lipinski definition) is 0. The molecule has 0 radical (unpaired) electrons. The van der Waals surface area contributed by atoms with Crippen molar-refractivity contribution in [3.63, 3.8) is 0 Å². The Morgan fingerprint density at radius 2 is 1.75 bits per heavy atom. The third kappa shape index (κ3) is 3.75. The molecule has 0 aliphatic heterocycles. The zero-order chi connectivity index (χ0) is 14.4. The maximum Gasteiger partial charge on any atom is 0.352 e. The lowest BCUT2D eigenvalue weighted by Crippen LogP contribution is -2.21. The second-order valence-corrected chi connectivity index (χ2v) is 4.55. The van der Waals surface area contributed by atoms with E-state index in [1.165, 1.54) is 0 Å². The molecule has 0 saturated carbocycles. The molecule has 20 heavy (non-hydrogen) atoms. The van der Waals surface area contributed by atoms with Crippen LogP contribution in [0.25, 0.3) is 0 Å². The van der Waals surface area contributed by atoms with Gasteiger partial charge in [0.1, 0.15) is 5.75 Å². The quantitative estimate of drug-likeness (QED) is 0.780. The molecule has 0 saturated heterocycles. The first-order chi connectivity index (χ1) is 9.70. The monoisotopic (exact) mass is 290 g/mol. The van der Waals surface area contributed by atoms with E-state index in [0.717, 1.165) is 5.56 Å². The van der Waals surface area contributed by atoms with E-state index < -0.39 is 12.1 Å². The summed E-state index contributed by atoms with van der Waals surface area (Å²) >= 11 is 5.83. The summed E-state index contributed by atoms with van der Waals surface area (Å²) in [6.07, 6.45) is -0.780. The van der Waals surface area contributed by atoms with Crippen molar-refractivity contribution >= 4 is 17.6 Å². The van der Waals surface area contributed by atoms with Gasteiger partial charge in [0.2, 0.25) is 6.10 Å². The number of carbonyl (C=O) groups excluding carboxylic acids is 1. The summed E-state index contributed by atoms with van der Waals surface area (Å²) in [6.45, 7) is 2.08. The van der Waals surface area contributed by atoms with E-state index >= 15 is 0 Å². The minimum Gasteiger partial charge on any atom is -0.474 e. The lowest BCUT2D eigenvalue weighted by Gasteiger charge is -2.18. The SMILES string of the molecule is CCOC(=O)C(Oc1ccc(Cl)cc1)c1ccccc1. The third-order valence-electron chi connectivity index (χ3n) is 2.67. The van der Waals surface area contributed by atoms with Crippen LogP contribution in [0, 0.1) is 0 Å². The summed E-state index contributed by atoms with van der Waals surface area (Å²) in [7, 11) is 0. The number of hydrogen-bond acceptors (Lipinski definition) is 3. The number of carbonyl (C=O) groups is 1. The standard InChI is InChI=1S/C16H15ClO3/c1-2-19-16(18)15(12-6-4-3-5-7-12)20-14-10-8-13(17)9-11-14/h3-11,15H,2H2,1H3. The first kappa shape index (κ1) is 14.4. The van der Waals surface area contributed by atoms with Crippen molar-refractivity contribution in [3.8, 4) is 5.75 Å². The fourth-order valence-electron chi connectivity index (χ4n) is 1.75. The van der Waals surface area contributed by atoms with Crippen molar-refractivity contribution < 1.29 is 14.3 Å². The highest BCUT2D eigenvalue weighted by Crippen LogP contribution is 2.24. The molecule has 0 heterocycles. The molecule has 2 aromatic rings.